The Bertz CT molecular complexity index is 2080. The van der Waals surface area contributed by atoms with Crippen LogP contribution in [0.5, 0.6) is 0 Å². The van der Waals surface area contributed by atoms with Crippen molar-refractivity contribution in [2.75, 3.05) is 22.9 Å². The molecule has 2 aliphatic rings. The van der Waals surface area contributed by atoms with Crippen LogP contribution in [0.3, 0.4) is 0 Å². The maximum absolute atomic E-state index is 7.30. The Balaban J connectivity index is 1.65. The number of hydrogen-bond donors (Lipinski definition) is 0. The Morgan fingerprint density at radius 3 is 1.67 bits per heavy atom. The maximum Gasteiger partial charge on any atom is 0.140 e. The Kier molecular flexibility index (Phi) is 7.79. The van der Waals surface area contributed by atoms with Crippen molar-refractivity contribution in [2.24, 2.45) is 0 Å². The van der Waals surface area contributed by atoms with Gasteiger partial charge in [0, 0.05) is 35.9 Å². The Morgan fingerprint density at radius 1 is 0.630 bits per heavy atom. The molecule has 4 aromatic carbocycles. The first kappa shape index (κ1) is 30.3. The van der Waals surface area contributed by atoms with E-state index in [0.717, 1.165) is 51.8 Å². The van der Waals surface area contributed by atoms with Gasteiger partial charge in [-0.3, -0.25) is 4.98 Å². The van der Waals surface area contributed by atoms with Crippen LogP contribution in [0.4, 0.5) is 11.4 Å². The van der Waals surface area contributed by atoms with E-state index in [1.54, 1.807) is 6.20 Å². The highest BCUT2D eigenvalue weighted by Crippen LogP contribution is 2.40. The zero-order chi connectivity index (χ0) is 32.3. The average Bonchev–Trinajstić information content (AvgIpc) is 3.60. The molecule has 0 radical (unpaired) electrons. The fraction of sp³-hybridized carbons (Fsp3) is 0.195. The first-order valence-corrected chi connectivity index (χ1v) is 16.6. The highest BCUT2D eigenvalue weighted by Gasteiger charge is 2.33. The van der Waals surface area contributed by atoms with Gasteiger partial charge < -0.3 is 9.80 Å². The number of pyridine rings is 1. The van der Waals surface area contributed by atoms with E-state index in [4.69, 9.17) is 28.2 Å². The van der Waals surface area contributed by atoms with Crippen LogP contribution in [0.15, 0.2) is 91.1 Å². The van der Waals surface area contributed by atoms with E-state index in [-0.39, 0.29) is 0 Å². The quantitative estimate of drug-likeness (QED) is 0.196. The first-order valence-electron chi connectivity index (χ1n) is 15.8. The summed E-state index contributed by atoms with van der Waals surface area (Å²) < 4.78 is 0. The first-order chi connectivity index (χ1) is 22.1. The number of anilines is 2. The van der Waals surface area contributed by atoms with Crippen molar-refractivity contribution < 1.29 is 0 Å². The van der Waals surface area contributed by atoms with Crippen molar-refractivity contribution >= 4 is 51.5 Å². The topological polar surface area (TPSA) is 19.4 Å². The van der Waals surface area contributed by atoms with Crippen LogP contribution in [-0.2, 0) is 0 Å². The van der Waals surface area contributed by atoms with Crippen LogP contribution >= 0.6 is 23.2 Å². The average molecular weight is 643 g/mol. The largest absolute Gasteiger partial charge is 0.324 e. The van der Waals surface area contributed by atoms with E-state index in [1.165, 1.54) is 50.3 Å². The van der Waals surface area contributed by atoms with Gasteiger partial charge in [0.05, 0.1) is 10.0 Å². The van der Waals surface area contributed by atoms with Gasteiger partial charge in [-0.2, -0.15) is 0 Å². The molecule has 1 aromatic heterocycles. The highest BCUT2D eigenvalue weighted by atomic mass is 35.5. The fourth-order valence-corrected chi connectivity index (χ4v) is 8.03. The third-order valence-electron chi connectivity index (χ3n) is 9.20. The number of aromatic nitrogens is 1. The van der Waals surface area contributed by atoms with E-state index in [0.29, 0.717) is 10.0 Å². The standard InChI is InChI=1S/C41H37Cl2N3/c1-24-18-26(3)39(27(4)19-24)45-16-17-46(40-28(5)20-25(2)21-29(40)6)41(45)38-36(37(43)35(42)23-44-38)34-22-33(30-12-8-7-9-13-30)31-14-10-11-15-32(31)34/h7-15,18-23H,16-17H2,1-6H3. The summed E-state index contributed by atoms with van der Waals surface area (Å²) in [4.78, 5) is 10.0. The molecule has 0 unspecified atom stereocenters. The zero-order valence-corrected chi connectivity index (χ0v) is 28.7. The van der Waals surface area contributed by atoms with Crippen LogP contribution in [-0.4, -0.2) is 18.1 Å². The number of fused-ring (bicyclic) bond motifs is 1. The van der Waals surface area contributed by atoms with E-state index in [2.05, 4.69) is 136 Å². The van der Waals surface area contributed by atoms with Gasteiger partial charge in [-0.15, -0.1) is 0 Å². The molecule has 0 bridgehead atoms. The number of allylic oxidation sites excluding steroid dienone is 1. The van der Waals surface area contributed by atoms with Gasteiger partial charge in [0.25, 0.3) is 0 Å². The number of halogens is 2. The van der Waals surface area contributed by atoms with Crippen LogP contribution < -0.4 is 20.4 Å². The summed E-state index contributed by atoms with van der Waals surface area (Å²) >= 11 is 14.1. The van der Waals surface area contributed by atoms with Crippen LogP contribution in [0, 0.1) is 41.5 Å². The minimum absolute atomic E-state index is 0.439. The molecule has 1 fully saturated rings. The molecule has 7 rings (SSSR count). The van der Waals surface area contributed by atoms with Gasteiger partial charge in [-0.1, -0.05) is 113 Å². The van der Waals surface area contributed by atoms with Crippen molar-refractivity contribution in [3.8, 4) is 0 Å². The van der Waals surface area contributed by atoms with Gasteiger partial charge >= 0.3 is 0 Å². The van der Waals surface area contributed by atoms with Crippen molar-refractivity contribution in [3.63, 3.8) is 0 Å². The lowest BCUT2D eigenvalue weighted by Gasteiger charge is -2.29. The molecule has 1 aliphatic heterocycles. The predicted molar refractivity (Wildman–Crippen MR) is 195 cm³/mol. The molecule has 0 saturated carbocycles. The Labute approximate surface area is 281 Å². The van der Waals surface area contributed by atoms with Gasteiger partial charge in [0.2, 0.25) is 0 Å². The predicted octanol–water partition coefficient (Wildman–Crippen LogP) is 8.98. The van der Waals surface area contributed by atoms with E-state index < -0.39 is 0 Å². The summed E-state index contributed by atoms with van der Waals surface area (Å²) in [6.45, 7) is 14.8. The van der Waals surface area contributed by atoms with Gasteiger partial charge in [-0.05, 0) is 97.7 Å². The Morgan fingerprint density at radius 2 is 1.13 bits per heavy atom. The summed E-state index contributed by atoms with van der Waals surface area (Å²) in [6, 6.07) is 28.2. The third kappa shape index (κ3) is 5.03. The van der Waals surface area contributed by atoms with Gasteiger partial charge in [0.1, 0.15) is 11.2 Å². The number of benzene rings is 4. The Hall–Kier alpha value is -4.31. The summed E-state index contributed by atoms with van der Waals surface area (Å²) in [7, 11) is 0. The van der Waals surface area contributed by atoms with Crippen molar-refractivity contribution in [1.82, 2.24) is 4.98 Å². The van der Waals surface area contributed by atoms with E-state index >= 15 is 0 Å². The minimum atomic E-state index is 0.439. The molecule has 0 N–H and O–H groups in total. The lowest BCUT2D eigenvalue weighted by molar-refractivity contribution is 1.01. The zero-order valence-electron chi connectivity index (χ0n) is 27.2. The SMILES string of the molecule is Cc1cc(C)c(N2CCN(c3c(C)cc(C)cc3C)C2=c2ncc(Cl)c(Cl)c2=C2C=C(c3ccccc3)c3ccccc32)c(C)c1. The number of aryl methyl sites for hydroxylation is 6. The summed E-state index contributed by atoms with van der Waals surface area (Å²) in [6.07, 6.45) is 3.97. The normalized spacial score (nSPS) is 15.5. The van der Waals surface area contributed by atoms with Crippen LogP contribution in [0.2, 0.25) is 10.0 Å². The van der Waals surface area contributed by atoms with Crippen molar-refractivity contribution in [3.05, 3.63) is 162 Å². The van der Waals surface area contributed by atoms with E-state index in [1.807, 2.05) is 0 Å². The molecule has 3 nitrogen and oxygen atoms in total. The van der Waals surface area contributed by atoms with Crippen LogP contribution in [0.1, 0.15) is 50.1 Å². The minimum Gasteiger partial charge on any atom is -0.324 e. The van der Waals surface area contributed by atoms with Crippen LogP contribution in [0.25, 0.3) is 17.0 Å². The fourth-order valence-electron chi connectivity index (χ4n) is 7.64. The van der Waals surface area contributed by atoms with Gasteiger partial charge in [-0.25, -0.2) is 0 Å². The molecule has 230 valence electrons. The second-order valence-corrected chi connectivity index (χ2v) is 13.4. The molecule has 5 aromatic rings. The van der Waals surface area contributed by atoms with Crippen molar-refractivity contribution in [2.45, 2.75) is 41.5 Å². The number of rotatable bonds is 3. The number of nitrogens with zero attached hydrogens (tertiary/aromatic N) is 3. The highest BCUT2D eigenvalue weighted by molar-refractivity contribution is 6.42. The second-order valence-electron chi connectivity index (χ2n) is 12.6. The molecule has 0 spiro atoms. The molecule has 1 aliphatic carbocycles. The monoisotopic (exact) mass is 641 g/mol. The lowest BCUT2D eigenvalue weighted by atomic mass is 9.99. The molecule has 0 amide bonds. The molecule has 1 saturated heterocycles. The van der Waals surface area contributed by atoms with Crippen molar-refractivity contribution in [1.29, 1.82) is 0 Å². The molecule has 2 heterocycles. The molecule has 46 heavy (non-hydrogen) atoms. The summed E-state index contributed by atoms with van der Waals surface area (Å²) in [5, 5.41) is 2.62. The van der Waals surface area contributed by atoms with E-state index in [9.17, 15) is 0 Å². The molecule has 0 atom stereocenters. The lowest BCUT2D eigenvalue weighted by Crippen LogP contribution is -2.41. The maximum atomic E-state index is 7.30. The number of hydrogen-bond acceptors (Lipinski definition) is 3. The molecular weight excluding hydrogens is 605 g/mol. The third-order valence-corrected chi connectivity index (χ3v) is 9.98. The second kappa shape index (κ2) is 11.8. The van der Waals surface area contributed by atoms with Gasteiger partial charge in [0.15, 0.2) is 0 Å². The molecule has 5 heteroatoms. The summed E-state index contributed by atoms with van der Waals surface area (Å²) in [5.74, 6) is 1.02. The summed E-state index contributed by atoms with van der Waals surface area (Å²) in [5.41, 5.74) is 15.5. The molecular formula is C41H37Cl2N3. The smallest absolute Gasteiger partial charge is 0.140 e.